The van der Waals surface area contributed by atoms with Gasteiger partial charge in [0, 0.05) is 19.3 Å². The van der Waals surface area contributed by atoms with E-state index in [1.807, 2.05) is 6.07 Å². The zero-order valence-electron chi connectivity index (χ0n) is 18.9. The largest absolute Gasteiger partial charge is 0.389 e. The van der Waals surface area contributed by atoms with Gasteiger partial charge in [-0.1, -0.05) is 18.1 Å². The average Bonchev–Trinajstić information content (AvgIpc) is 3.26. The van der Waals surface area contributed by atoms with Crippen LogP contribution in [0.3, 0.4) is 0 Å². The predicted octanol–water partition coefficient (Wildman–Crippen LogP) is 2.13. The molecule has 1 aliphatic heterocycles. The van der Waals surface area contributed by atoms with Crippen molar-refractivity contribution in [3.05, 3.63) is 36.2 Å². The van der Waals surface area contributed by atoms with E-state index in [0.29, 0.717) is 16.6 Å². The Labute approximate surface area is 192 Å². The molecule has 33 heavy (non-hydrogen) atoms. The Morgan fingerprint density at radius 3 is 2.97 bits per heavy atom. The molecule has 4 atom stereocenters. The molecule has 1 amide bonds. The maximum atomic E-state index is 12.8. The van der Waals surface area contributed by atoms with Gasteiger partial charge in [0.2, 0.25) is 0 Å². The third-order valence-electron chi connectivity index (χ3n) is 6.25. The number of anilines is 1. The van der Waals surface area contributed by atoms with Crippen molar-refractivity contribution in [2.24, 2.45) is 5.41 Å². The number of amides is 1. The molecule has 3 heterocycles. The van der Waals surface area contributed by atoms with Gasteiger partial charge in [0.1, 0.15) is 17.6 Å². The van der Waals surface area contributed by atoms with Crippen LogP contribution in [-0.4, -0.2) is 69.7 Å². The zero-order chi connectivity index (χ0) is 23.6. The fraction of sp³-hybridized carbons (Fsp3) is 0.542. The lowest BCUT2D eigenvalue weighted by atomic mass is 10.0. The predicted molar refractivity (Wildman–Crippen MR) is 123 cm³/mol. The summed E-state index contributed by atoms with van der Waals surface area (Å²) >= 11 is 0. The van der Waals surface area contributed by atoms with Gasteiger partial charge in [-0.3, -0.25) is 4.79 Å². The second-order valence-corrected chi connectivity index (χ2v) is 9.09. The van der Waals surface area contributed by atoms with Crippen molar-refractivity contribution < 1.29 is 19.0 Å². The second kappa shape index (κ2) is 9.49. The lowest BCUT2D eigenvalue weighted by Crippen LogP contribution is -2.35. The number of allylic oxidation sites excluding steroid dienone is 1. The molecule has 2 aliphatic rings. The fourth-order valence-corrected chi connectivity index (χ4v) is 4.16. The molecule has 2 fully saturated rings. The first-order valence-corrected chi connectivity index (χ1v) is 11.3. The molecule has 176 valence electrons. The van der Waals surface area contributed by atoms with E-state index in [-0.39, 0.29) is 31.2 Å². The summed E-state index contributed by atoms with van der Waals surface area (Å²) in [5, 5.41) is 17.0. The lowest BCUT2D eigenvalue weighted by molar-refractivity contribution is 0.0168. The van der Waals surface area contributed by atoms with Gasteiger partial charge >= 0.3 is 0 Å². The van der Waals surface area contributed by atoms with Gasteiger partial charge in [-0.2, -0.15) is 5.10 Å². The Balaban J connectivity index is 1.37. The Hall–Kier alpha value is -2.96. The van der Waals surface area contributed by atoms with Crippen LogP contribution < -0.4 is 10.2 Å². The molecule has 2 N–H and O–H groups in total. The number of nitrogens with zero attached hydrogens (tertiary/aromatic N) is 4. The zero-order valence-corrected chi connectivity index (χ0v) is 18.9. The van der Waals surface area contributed by atoms with Crippen molar-refractivity contribution in [2.45, 2.75) is 57.5 Å². The van der Waals surface area contributed by atoms with E-state index in [0.717, 1.165) is 18.8 Å². The first-order valence-electron chi connectivity index (χ1n) is 11.3. The lowest BCUT2D eigenvalue weighted by Gasteiger charge is -2.22. The Morgan fingerprint density at radius 1 is 1.48 bits per heavy atom. The number of carbonyl (C=O) groups is 1. The minimum atomic E-state index is -1.06. The Bertz CT molecular complexity index is 1070. The Morgan fingerprint density at radius 2 is 2.27 bits per heavy atom. The van der Waals surface area contributed by atoms with Crippen molar-refractivity contribution in [2.75, 3.05) is 24.6 Å². The quantitative estimate of drug-likeness (QED) is 0.445. The average molecular weight is 456 g/mol. The summed E-state index contributed by atoms with van der Waals surface area (Å²) in [6.07, 6.45) is 13.0. The summed E-state index contributed by atoms with van der Waals surface area (Å²) in [5.41, 5.74) is 1.07. The standard InChI is InChI=1S/C24H30FN5O3/c1-4-18-11-24(8-9-24)15-29(18)21-7-10-30-22(28-21)20(13-27-30)23(32)26-12-19(31)14-33-17(3)6-5-16(2)25/h1,5-7,10,13,16-19,31H,8-9,11-12,14-15H2,2-3H3,(H,26,32)/b6-5-/t16?,17?,18-,19+/m1/s1. The molecule has 2 aromatic rings. The van der Waals surface area contributed by atoms with Crippen LogP contribution in [0.2, 0.25) is 0 Å². The highest BCUT2D eigenvalue weighted by Gasteiger charge is 2.51. The number of hydrogen-bond acceptors (Lipinski definition) is 6. The number of nitrogens with one attached hydrogen (secondary N) is 1. The Kier molecular flexibility index (Phi) is 6.68. The van der Waals surface area contributed by atoms with Crippen LogP contribution in [0.1, 0.15) is 43.5 Å². The number of carbonyl (C=O) groups excluding carboxylic acids is 1. The minimum Gasteiger partial charge on any atom is -0.389 e. The molecule has 2 aromatic heterocycles. The fourth-order valence-electron chi connectivity index (χ4n) is 4.16. The van der Waals surface area contributed by atoms with Gasteiger partial charge in [0.25, 0.3) is 5.91 Å². The van der Waals surface area contributed by atoms with E-state index < -0.39 is 12.3 Å². The van der Waals surface area contributed by atoms with Crippen molar-refractivity contribution >= 4 is 17.4 Å². The smallest absolute Gasteiger partial charge is 0.256 e. The van der Waals surface area contributed by atoms with Gasteiger partial charge in [0.15, 0.2) is 5.65 Å². The second-order valence-electron chi connectivity index (χ2n) is 9.09. The van der Waals surface area contributed by atoms with Gasteiger partial charge in [-0.15, -0.1) is 6.42 Å². The maximum absolute atomic E-state index is 12.8. The maximum Gasteiger partial charge on any atom is 0.256 e. The van der Waals surface area contributed by atoms with Crippen LogP contribution in [0.5, 0.6) is 0 Å². The molecule has 2 unspecified atom stereocenters. The number of aliphatic hydroxyl groups is 1. The van der Waals surface area contributed by atoms with Crippen LogP contribution in [-0.2, 0) is 4.74 Å². The summed E-state index contributed by atoms with van der Waals surface area (Å²) in [4.78, 5) is 19.6. The van der Waals surface area contributed by atoms with Gasteiger partial charge in [0.05, 0.1) is 31.1 Å². The number of fused-ring (bicyclic) bond motifs is 1. The third kappa shape index (κ3) is 5.34. The summed E-state index contributed by atoms with van der Waals surface area (Å²) in [6, 6.07) is 1.87. The highest BCUT2D eigenvalue weighted by Crippen LogP contribution is 2.55. The van der Waals surface area contributed by atoms with E-state index in [2.05, 4.69) is 21.2 Å². The number of aliphatic hydroxyl groups excluding tert-OH is 1. The molecule has 1 aliphatic carbocycles. The molecule has 0 aromatic carbocycles. The monoisotopic (exact) mass is 455 g/mol. The first-order chi connectivity index (χ1) is 15.8. The number of halogens is 1. The highest BCUT2D eigenvalue weighted by atomic mass is 19.1. The van der Waals surface area contributed by atoms with Gasteiger partial charge in [-0.05, 0) is 44.6 Å². The molecule has 8 nitrogen and oxygen atoms in total. The number of aromatic nitrogens is 3. The van der Waals surface area contributed by atoms with E-state index in [9.17, 15) is 14.3 Å². The number of rotatable bonds is 9. The first kappa shape index (κ1) is 23.2. The van der Waals surface area contributed by atoms with Gasteiger partial charge < -0.3 is 20.1 Å². The van der Waals surface area contributed by atoms with Crippen molar-refractivity contribution in [1.82, 2.24) is 19.9 Å². The normalized spacial score (nSPS) is 21.9. The summed E-state index contributed by atoms with van der Waals surface area (Å²) in [6.45, 7) is 4.06. The molecule has 4 rings (SSSR count). The van der Waals surface area contributed by atoms with Crippen LogP contribution in [0.15, 0.2) is 30.6 Å². The molecule has 9 heteroatoms. The van der Waals surface area contributed by atoms with Crippen LogP contribution in [0.25, 0.3) is 5.65 Å². The van der Waals surface area contributed by atoms with E-state index in [1.54, 1.807) is 23.7 Å². The summed E-state index contributed by atoms with van der Waals surface area (Å²) < 4.78 is 19.8. The van der Waals surface area contributed by atoms with Crippen LogP contribution in [0, 0.1) is 17.8 Å². The summed E-state index contributed by atoms with van der Waals surface area (Å²) in [5.74, 6) is 3.23. The molecular formula is C24H30FN5O3. The molecule has 0 radical (unpaired) electrons. The SMILES string of the molecule is C#C[C@@H]1CC2(CC2)CN1c1ccn2ncc(C(=O)NC[C@H](O)COC(C)/C=C\C(C)F)c2n1. The number of alkyl halides is 1. The van der Waals surface area contributed by atoms with Crippen LogP contribution in [0.4, 0.5) is 10.2 Å². The van der Waals surface area contributed by atoms with Crippen molar-refractivity contribution in [3.8, 4) is 12.3 Å². The van der Waals surface area contributed by atoms with E-state index in [4.69, 9.17) is 16.1 Å². The number of terminal acetylenes is 1. The van der Waals surface area contributed by atoms with Crippen molar-refractivity contribution in [1.29, 1.82) is 0 Å². The topological polar surface area (TPSA) is 92.0 Å². The van der Waals surface area contributed by atoms with Gasteiger partial charge in [-0.25, -0.2) is 13.9 Å². The molecule has 1 saturated heterocycles. The molecular weight excluding hydrogens is 425 g/mol. The summed E-state index contributed by atoms with van der Waals surface area (Å²) in [7, 11) is 0. The molecule has 0 bridgehead atoms. The van der Waals surface area contributed by atoms with Crippen LogP contribution >= 0.6 is 0 Å². The van der Waals surface area contributed by atoms with Crippen molar-refractivity contribution in [3.63, 3.8) is 0 Å². The number of hydrogen-bond donors (Lipinski definition) is 2. The third-order valence-corrected chi connectivity index (χ3v) is 6.25. The molecule has 1 spiro atoms. The molecule has 1 saturated carbocycles. The highest BCUT2D eigenvalue weighted by molar-refractivity contribution is 5.99. The minimum absolute atomic E-state index is 0.000372. The number of ether oxygens (including phenoxy) is 1. The van der Waals surface area contributed by atoms with E-state index in [1.165, 1.54) is 32.0 Å². The van der Waals surface area contributed by atoms with E-state index >= 15 is 0 Å².